The summed E-state index contributed by atoms with van der Waals surface area (Å²) in [5.74, 6) is 0.763. The number of carbonyl (C=O) groups excluding carboxylic acids is 1. The Hall–Kier alpha value is -2.83. The fourth-order valence-electron chi connectivity index (χ4n) is 4.30. The summed E-state index contributed by atoms with van der Waals surface area (Å²) in [6.07, 6.45) is 4.57. The first kappa shape index (κ1) is 24.3. The van der Waals surface area contributed by atoms with Gasteiger partial charge in [-0.2, -0.15) is 0 Å². The minimum atomic E-state index is -0.484. The molecule has 182 valence electrons. The maximum Gasteiger partial charge on any atom is 0.291 e. The number of phenols is 1. The van der Waals surface area contributed by atoms with Gasteiger partial charge in [0.1, 0.15) is 5.75 Å². The number of hydrogen-bond donors (Lipinski definition) is 2. The Kier molecular flexibility index (Phi) is 6.74. The first-order valence-corrected chi connectivity index (χ1v) is 12.0. The number of ether oxygens (including phenoxy) is 3. The highest BCUT2D eigenvalue weighted by Gasteiger charge is 2.31. The van der Waals surface area contributed by atoms with Gasteiger partial charge in [-0.25, -0.2) is 0 Å². The number of fused-ring (bicyclic) bond motifs is 1. The van der Waals surface area contributed by atoms with E-state index in [2.05, 4.69) is 26.1 Å². The SMILES string of the molecule is CC(C)(C)c1cc(C=C2Oc3ccccc3NC2=O)cc(C(C)(C)COC2CCCCO2)c1O. The topological polar surface area (TPSA) is 77.0 Å². The smallest absolute Gasteiger partial charge is 0.291 e. The molecule has 2 aliphatic heterocycles. The number of nitrogens with one attached hydrogen (secondary N) is 1. The molecule has 1 amide bonds. The second kappa shape index (κ2) is 9.43. The maximum atomic E-state index is 12.7. The van der Waals surface area contributed by atoms with E-state index >= 15 is 0 Å². The van der Waals surface area contributed by atoms with Gasteiger partial charge >= 0.3 is 0 Å². The number of phenolic OH excluding ortho intramolecular Hbond substituents is 1. The average molecular weight is 466 g/mol. The van der Waals surface area contributed by atoms with Gasteiger partial charge in [0.25, 0.3) is 5.91 Å². The van der Waals surface area contributed by atoms with Crippen molar-refractivity contribution in [3.05, 3.63) is 58.8 Å². The highest BCUT2D eigenvalue weighted by Crippen LogP contribution is 2.41. The van der Waals surface area contributed by atoms with Gasteiger partial charge in [0, 0.05) is 23.1 Å². The van der Waals surface area contributed by atoms with Crippen LogP contribution in [-0.4, -0.2) is 30.5 Å². The lowest BCUT2D eigenvalue weighted by Crippen LogP contribution is -2.31. The molecule has 0 aromatic heterocycles. The monoisotopic (exact) mass is 465 g/mol. The molecule has 34 heavy (non-hydrogen) atoms. The Balaban J connectivity index is 1.69. The number of benzene rings is 2. The van der Waals surface area contributed by atoms with Crippen LogP contribution in [0.5, 0.6) is 11.5 Å². The lowest BCUT2D eigenvalue weighted by molar-refractivity contribution is -0.170. The summed E-state index contributed by atoms with van der Waals surface area (Å²) in [6, 6.07) is 11.2. The molecule has 0 spiro atoms. The van der Waals surface area contributed by atoms with E-state index in [-0.39, 0.29) is 29.1 Å². The van der Waals surface area contributed by atoms with Gasteiger partial charge in [-0.05, 0) is 60.6 Å². The second-order valence-corrected chi connectivity index (χ2v) is 10.8. The Morgan fingerprint density at radius 3 is 2.56 bits per heavy atom. The molecule has 2 aromatic carbocycles. The van der Waals surface area contributed by atoms with Crippen LogP contribution in [0.15, 0.2) is 42.2 Å². The number of aromatic hydroxyl groups is 1. The molecule has 1 saturated heterocycles. The Morgan fingerprint density at radius 2 is 1.85 bits per heavy atom. The molecule has 4 rings (SSSR count). The maximum absolute atomic E-state index is 12.7. The molecule has 1 atom stereocenters. The van der Waals surface area contributed by atoms with Crippen molar-refractivity contribution in [3.63, 3.8) is 0 Å². The van der Waals surface area contributed by atoms with E-state index in [1.54, 1.807) is 12.1 Å². The molecule has 0 saturated carbocycles. The number of amides is 1. The molecule has 2 aliphatic rings. The van der Waals surface area contributed by atoms with Crippen LogP contribution in [0.2, 0.25) is 0 Å². The van der Waals surface area contributed by atoms with Gasteiger partial charge in [-0.1, -0.05) is 46.8 Å². The zero-order chi connectivity index (χ0) is 24.5. The van der Waals surface area contributed by atoms with Gasteiger partial charge in [0.2, 0.25) is 0 Å². The van der Waals surface area contributed by atoms with Crippen molar-refractivity contribution < 1.29 is 24.1 Å². The van der Waals surface area contributed by atoms with E-state index in [0.29, 0.717) is 18.0 Å². The summed E-state index contributed by atoms with van der Waals surface area (Å²) in [5, 5.41) is 14.2. The Labute approximate surface area is 201 Å². The van der Waals surface area contributed by atoms with Crippen LogP contribution in [-0.2, 0) is 25.1 Å². The van der Waals surface area contributed by atoms with Crippen molar-refractivity contribution in [1.82, 2.24) is 0 Å². The third kappa shape index (κ3) is 5.29. The van der Waals surface area contributed by atoms with E-state index in [1.165, 1.54) is 0 Å². The van der Waals surface area contributed by atoms with Crippen LogP contribution >= 0.6 is 0 Å². The summed E-state index contributed by atoms with van der Waals surface area (Å²) in [7, 11) is 0. The van der Waals surface area contributed by atoms with Gasteiger partial charge in [0.15, 0.2) is 17.8 Å². The van der Waals surface area contributed by atoms with Crippen LogP contribution in [0, 0.1) is 0 Å². The number of rotatable bonds is 5. The van der Waals surface area contributed by atoms with Crippen LogP contribution in [0.25, 0.3) is 6.08 Å². The molecule has 1 unspecified atom stereocenters. The summed E-state index contributed by atoms with van der Waals surface area (Å²) in [6.45, 7) is 11.4. The zero-order valence-electron chi connectivity index (χ0n) is 20.7. The highest BCUT2D eigenvalue weighted by molar-refractivity contribution is 6.08. The third-order valence-corrected chi connectivity index (χ3v) is 6.31. The molecule has 0 aliphatic carbocycles. The zero-order valence-corrected chi connectivity index (χ0v) is 20.7. The van der Waals surface area contributed by atoms with Crippen LogP contribution in [0.4, 0.5) is 5.69 Å². The normalized spacial score (nSPS) is 20.0. The molecular weight excluding hydrogens is 430 g/mol. The van der Waals surface area contributed by atoms with Gasteiger partial charge in [-0.15, -0.1) is 0 Å². The number of anilines is 1. The van der Waals surface area contributed by atoms with E-state index < -0.39 is 5.41 Å². The molecule has 0 bridgehead atoms. The Bertz CT molecular complexity index is 1090. The third-order valence-electron chi connectivity index (χ3n) is 6.31. The molecule has 2 heterocycles. The van der Waals surface area contributed by atoms with Crippen molar-refractivity contribution in [2.24, 2.45) is 0 Å². The molecule has 0 radical (unpaired) electrons. The van der Waals surface area contributed by atoms with E-state index in [0.717, 1.165) is 42.6 Å². The van der Waals surface area contributed by atoms with Gasteiger partial charge in [-0.3, -0.25) is 4.79 Å². The fraction of sp³-hybridized carbons (Fsp3) is 0.464. The molecule has 6 nitrogen and oxygen atoms in total. The molecule has 1 fully saturated rings. The first-order chi connectivity index (χ1) is 16.0. The van der Waals surface area contributed by atoms with Crippen molar-refractivity contribution >= 4 is 17.7 Å². The van der Waals surface area contributed by atoms with Crippen molar-refractivity contribution in [2.45, 2.75) is 71.0 Å². The van der Waals surface area contributed by atoms with Crippen LogP contribution < -0.4 is 10.1 Å². The minimum Gasteiger partial charge on any atom is -0.507 e. The lowest BCUT2D eigenvalue weighted by atomic mass is 9.77. The second-order valence-electron chi connectivity index (χ2n) is 10.8. The fourth-order valence-corrected chi connectivity index (χ4v) is 4.30. The van der Waals surface area contributed by atoms with E-state index in [4.69, 9.17) is 14.2 Å². The largest absolute Gasteiger partial charge is 0.507 e. The Morgan fingerprint density at radius 1 is 1.12 bits per heavy atom. The molecule has 2 N–H and O–H groups in total. The summed E-state index contributed by atoms with van der Waals surface area (Å²) >= 11 is 0. The lowest BCUT2D eigenvalue weighted by Gasteiger charge is -2.32. The summed E-state index contributed by atoms with van der Waals surface area (Å²) in [5.41, 5.74) is 2.20. The van der Waals surface area contributed by atoms with Crippen LogP contribution in [0.1, 0.15) is 70.6 Å². The van der Waals surface area contributed by atoms with Crippen molar-refractivity contribution in [2.75, 3.05) is 18.5 Å². The van der Waals surface area contributed by atoms with E-state index in [9.17, 15) is 9.90 Å². The summed E-state index contributed by atoms with van der Waals surface area (Å²) in [4.78, 5) is 12.7. The highest BCUT2D eigenvalue weighted by atomic mass is 16.7. The molecule has 6 heteroatoms. The predicted octanol–water partition coefficient (Wildman–Crippen LogP) is 5.88. The quantitative estimate of drug-likeness (QED) is 0.539. The van der Waals surface area contributed by atoms with Crippen molar-refractivity contribution in [1.29, 1.82) is 0 Å². The minimum absolute atomic E-state index is 0.207. The number of carbonyl (C=O) groups is 1. The van der Waals surface area contributed by atoms with Crippen molar-refractivity contribution in [3.8, 4) is 11.5 Å². The van der Waals surface area contributed by atoms with Gasteiger partial charge in [0.05, 0.1) is 12.3 Å². The van der Waals surface area contributed by atoms with Crippen LogP contribution in [0.3, 0.4) is 0 Å². The molecular formula is C28H35NO5. The number of hydrogen-bond acceptors (Lipinski definition) is 5. The average Bonchev–Trinajstić information content (AvgIpc) is 2.79. The standard InChI is InChI=1S/C28H35NO5/c1-27(2,3)19-14-18(16-23-26(31)29-21-10-6-7-11-22(21)34-23)15-20(25(19)30)28(4,5)17-33-24-12-8-9-13-32-24/h6-7,10-11,14-16,24,30H,8-9,12-13,17H2,1-5H3,(H,29,31). The first-order valence-electron chi connectivity index (χ1n) is 12.0. The van der Waals surface area contributed by atoms with E-state index in [1.807, 2.05) is 44.2 Å². The van der Waals surface area contributed by atoms with Gasteiger partial charge < -0.3 is 24.6 Å². The summed E-state index contributed by atoms with van der Waals surface area (Å²) < 4.78 is 17.7. The molecule has 2 aromatic rings. The predicted molar refractivity (Wildman–Crippen MR) is 133 cm³/mol. The number of para-hydroxylation sites is 2.